The average Bonchev–Trinajstić information content (AvgIpc) is 2.86. The molecule has 10 nitrogen and oxygen atoms in total. The summed E-state index contributed by atoms with van der Waals surface area (Å²) in [5.41, 5.74) is -3.08. The largest absolute Gasteiger partial charge is 0.480 e. The molecule has 2 aromatic carbocycles. The predicted octanol–water partition coefficient (Wildman–Crippen LogP) is 4.27. The number of nitrogens with zero attached hydrogens (tertiary/aromatic N) is 3. The lowest BCUT2D eigenvalue weighted by Gasteiger charge is -2.15. The van der Waals surface area contributed by atoms with Gasteiger partial charge in [0.25, 0.3) is 5.56 Å². The van der Waals surface area contributed by atoms with E-state index in [1.807, 2.05) is 10.6 Å². The van der Waals surface area contributed by atoms with Crippen LogP contribution in [-0.2, 0) is 17.5 Å². The molecule has 0 spiro atoms. The second-order valence-corrected chi connectivity index (χ2v) is 8.08. The number of urea groups is 1. The van der Waals surface area contributed by atoms with Gasteiger partial charge in [0.1, 0.15) is 35.3 Å². The monoisotopic (exact) mass is 567 g/mol. The number of rotatable bonds is 7. The zero-order valence-corrected chi connectivity index (χ0v) is 19.7. The van der Waals surface area contributed by atoms with Crippen LogP contribution >= 0.6 is 0 Å². The first-order valence-electron chi connectivity index (χ1n) is 11.0. The highest BCUT2D eigenvalue weighted by Crippen LogP contribution is 2.38. The Morgan fingerprint density at radius 2 is 1.73 bits per heavy atom. The van der Waals surface area contributed by atoms with Crippen LogP contribution in [0.15, 0.2) is 53.7 Å². The van der Waals surface area contributed by atoms with Crippen LogP contribution in [0.3, 0.4) is 0 Å². The average molecular weight is 567 g/mol. The highest BCUT2D eigenvalue weighted by molar-refractivity contribution is 5.91. The Morgan fingerprint density at radius 1 is 1.02 bits per heavy atom. The summed E-state index contributed by atoms with van der Waals surface area (Å²) in [7, 11) is 0. The van der Waals surface area contributed by atoms with Gasteiger partial charge in [-0.05, 0) is 24.3 Å². The first-order chi connectivity index (χ1) is 18.8. The fraction of sp³-hybridized carbons (Fsp3) is 0.125. The van der Waals surface area contributed by atoms with Crippen LogP contribution in [0.1, 0.15) is 11.1 Å². The lowest BCUT2D eigenvalue weighted by atomic mass is 10.1. The maximum atomic E-state index is 14.1. The number of hydrogen-bond donors (Lipinski definition) is 3. The molecule has 2 amide bonds. The summed E-state index contributed by atoms with van der Waals surface area (Å²) in [4.78, 5) is 41.8. The van der Waals surface area contributed by atoms with Crippen molar-refractivity contribution in [3.8, 4) is 11.6 Å². The Morgan fingerprint density at radius 3 is 2.38 bits per heavy atom. The van der Waals surface area contributed by atoms with Crippen LogP contribution in [0.5, 0.6) is 11.6 Å². The van der Waals surface area contributed by atoms with Crippen LogP contribution in [0.25, 0.3) is 10.9 Å². The molecule has 0 saturated carbocycles. The number of carboxylic acids is 1. The minimum atomic E-state index is -5.01. The van der Waals surface area contributed by atoms with E-state index in [4.69, 9.17) is 9.84 Å². The van der Waals surface area contributed by atoms with Crippen LogP contribution < -0.4 is 20.9 Å². The first kappa shape index (κ1) is 27.9. The number of nitrogens with one attached hydrogen (secondary N) is 2. The quantitative estimate of drug-likeness (QED) is 0.284. The molecule has 16 heteroatoms. The van der Waals surface area contributed by atoms with E-state index in [9.17, 15) is 40.7 Å². The van der Waals surface area contributed by atoms with Crippen molar-refractivity contribution in [1.82, 2.24) is 19.9 Å². The van der Waals surface area contributed by atoms with Gasteiger partial charge < -0.3 is 25.0 Å². The SMILES string of the molecule is O=C(O)CNC(=O)Nc1cnc(Oc2ccc3c(c2)c(=O)ncn3Cc2c(F)cc(F)cc2F)c(C(F)(F)F)c1. The number of alkyl halides is 3. The highest BCUT2D eigenvalue weighted by Gasteiger charge is 2.36. The normalized spacial score (nSPS) is 11.3. The zero-order chi connectivity index (χ0) is 29.2. The van der Waals surface area contributed by atoms with Crippen molar-refractivity contribution in [2.75, 3.05) is 11.9 Å². The molecule has 3 N–H and O–H groups in total. The molecular weight excluding hydrogens is 552 g/mol. The van der Waals surface area contributed by atoms with Gasteiger partial charge in [-0.2, -0.15) is 18.2 Å². The number of ether oxygens (including phenoxy) is 1. The molecule has 4 aromatic rings. The van der Waals surface area contributed by atoms with Gasteiger partial charge in [0.15, 0.2) is 0 Å². The maximum absolute atomic E-state index is 14.1. The number of aromatic nitrogens is 3. The summed E-state index contributed by atoms with van der Waals surface area (Å²) in [6.45, 7) is -1.27. The second-order valence-electron chi connectivity index (χ2n) is 8.08. The number of carbonyl (C=O) groups is 2. The Labute approximate surface area is 218 Å². The number of fused-ring (bicyclic) bond motifs is 1. The molecule has 208 valence electrons. The molecule has 4 rings (SSSR count). The van der Waals surface area contributed by atoms with Crippen molar-refractivity contribution in [3.05, 3.63) is 87.9 Å². The zero-order valence-electron chi connectivity index (χ0n) is 19.7. The molecule has 0 fully saturated rings. The van der Waals surface area contributed by atoms with Gasteiger partial charge >= 0.3 is 18.2 Å². The van der Waals surface area contributed by atoms with Crippen LogP contribution in [0, 0.1) is 17.5 Å². The van der Waals surface area contributed by atoms with Gasteiger partial charge in [0.05, 0.1) is 35.7 Å². The van der Waals surface area contributed by atoms with Gasteiger partial charge in [-0.15, -0.1) is 0 Å². The van der Waals surface area contributed by atoms with Crippen molar-refractivity contribution < 1.29 is 45.8 Å². The third-order valence-corrected chi connectivity index (χ3v) is 5.29. The summed E-state index contributed by atoms with van der Waals surface area (Å²) in [5, 5.41) is 12.3. The standard InChI is InChI=1S/C24H15F6N5O5/c25-11-3-17(26)15(18(27)4-11)9-35-10-33-21(38)14-6-13(1-2-19(14)35)40-22-16(24(28,29)30)5-12(7-31-22)34-23(39)32-8-20(36)37/h1-7,10H,8-9H2,(H,36,37)(H2,32,34,39). The van der Waals surface area contributed by atoms with E-state index in [2.05, 4.69) is 9.97 Å². The molecule has 0 saturated heterocycles. The summed E-state index contributed by atoms with van der Waals surface area (Å²) in [5.74, 6) is -6.07. The summed E-state index contributed by atoms with van der Waals surface area (Å²) >= 11 is 0. The fourth-order valence-corrected chi connectivity index (χ4v) is 3.52. The predicted molar refractivity (Wildman–Crippen MR) is 125 cm³/mol. The van der Waals surface area contributed by atoms with E-state index in [1.165, 1.54) is 16.7 Å². The van der Waals surface area contributed by atoms with Gasteiger partial charge in [-0.3, -0.25) is 9.59 Å². The van der Waals surface area contributed by atoms with E-state index in [0.29, 0.717) is 18.2 Å². The van der Waals surface area contributed by atoms with E-state index >= 15 is 0 Å². The topological polar surface area (TPSA) is 135 Å². The summed E-state index contributed by atoms with van der Waals surface area (Å²) in [6.07, 6.45) is -3.19. The molecule has 0 aliphatic rings. The highest BCUT2D eigenvalue weighted by atomic mass is 19.4. The van der Waals surface area contributed by atoms with Crippen LogP contribution in [0.2, 0.25) is 0 Å². The Kier molecular flexibility index (Phi) is 7.61. The Hall–Kier alpha value is -5.15. The first-order valence-corrected chi connectivity index (χ1v) is 11.0. The van der Waals surface area contributed by atoms with Crippen LogP contribution in [-0.4, -0.2) is 38.2 Å². The minimum absolute atomic E-state index is 0.0893. The van der Waals surface area contributed by atoms with Crippen LogP contribution in [0.4, 0.5) is 36.8 Å². The second kappa shape index (κ2) is 10.9. The summed E-state index contributed by atoms with van der Waals surface area (Å²) in [6, 6.07) is 3.83. The van der Waals surface area contributed by atoms with Crippen molar-refractivity contribution >= 4 is 28.6 Å². The number of anilines is 1. The number of carboxylic acid groups (broad SMARTS) is 1. The van der Waals surface area contributed by atoms with Gasteiger partial charge in [0, 0.05) is 17.7 Å². The van der Waals surface area contributed by atoms with E-state index in [0.717, 1.165) is 18.6 Å². The van der Waals surface area contributed by atoms with E-state index < -0.39 is 77.0 Å². The molecule has 0 unspecified atom stereocenters. The molecule has 2 aromatic heterocycles. The molecule has 0 bridgehead atoms. The molecule has 0 radical (unpaired) electrons. The van der Waals surface area contributed by atoms with Gasteiger partial charge in [-0.25, -0.2) is 22.9 Å². The minimum Gasteiger partial charge on any atom is -0.480 e. The van der Waals surface area contributed by atoms with Crippen molar-refractivity contribution in [1.29, 1.82) is 0 Å². The van der Waals surface area contributed by atoms with Gasteiger partial charge in [0.2, 0.25) is 5.88 Å². The Balaban J connectivity index is 1.65. The smallest absolute Gasteiger partial charge is 0.421 e. The van der Waals surface area contributed by atoms with Gasteiger partial charge in [-0.1, -0.05) is 0 Å². The number of carbonyl (C=O) groups excluding carboxylic acids is 1. The molecule has 0 aliphatic heterocycles. The molecule has 2 heterocycles. The van der Waals surface area contributed by atoms with Crippen molar-refractivity contribution in [3.63, 3.8) is 0 Å². The fourth-order valence-electron chi connectivity index (χ4n) is 3.52. The third-order valence-electron chi connectivity index (χ3n) is 5.29. The van der Waals surface area contributed by atoms with Crippen molar-refractivity contribution in [2.24, 2.45) is 0 Å². The van der Waals surface area contributed by atoms with E-state index in [1.54, 1.807) is 0 Å². The third kappa shape index (κ3) is 6.28. The maximum Gasteiger partial charge on any atom is 0.421 e. The number of amides is 2. The number of aliphatic carboxylic acids is 1. The molecular formula is C24H15F6N5O5. The molecule has 40 heavy (non-hydrogen) atoms. The van der Waals surface area contributed by atoms with Crippen molar-refractivity contribution in [2.45, 2.75) is 12.7 Å². The number of benzene rings is 2. The lowest BCUT2D eigenvalue weighted by Crippen LogP contribution is -2.33. The van der Waals surface area contributed by atoms with E-state index in [-0.39, 0.29) is 16.7 Å². The lowest BCUT2D eigenvalue weighted by molar-refractivity contribution is -0.139. The number of halogens is 6. The Bertz CT molecular complexity index is 1670. The molecule has 0 aliphatic carbocycles. The number of hydrogen-bond acceptors (Lipinski definition) is 6. The molecule has 0 atom stereocenters. The number of pyridine rings is 1. The summed E-state index contributed by atoms with van der Waals surface area (Å²) < 4.78 is 89.1.